The second-order valence-corrected chi connectivity index (χ2v) is 6.76. The van der Waals surface area contributed by atoms with Gasteiger partial charge in [0.25, 0.3) is 5.91 Å². The summed E-state index contributed by atoms with van der Waals surface area (Å²) < 4.78 is 5.61. The number of nitrogens with one attached hydrogen (secondary N) is 1. The van der Waals surface area contributed by atoms with Crippen molar-refractivity contribution >= 4 is 17.2 Å². The van der Waals surface area contributed by atoms with Crippen LogP contribution in [-0.4, -0.2) is 25.2 Å². The molecular formula is C19H23NO2S. The topological polar surface area (TPSA) is 38.3 Å². The van der Waals surface area contributed by atoms with Crippen molar-refractivity contribution in [2.75, 3.05) is 13.2 Å². The van der Waals surface area contributed by atoms with Crippen LogP contribution in [-0.2, 0) is 4.74 Å². The van der Waals surface area contributed by atoms with Crippen molar-refractivity contribution in [3.63, 3.8) is 0 Å². The first kappa shape index (κ1) is 16.2. The molecule has 3 nitrogen and oxygen atoms in total. The fourth-order valence-corrected chi connectivity index (χ4v) is 3.61. The van der Waals surface area contributed by atoms with Gasteiger partial charge in [-0.3, -0.25) is 4.79 Å². The van der Waals surface area contributed by atoms with Crippen molar-refractivity contribution in [3.05, 3.63) is 46.7 Å². The molecule has 1 aliphatic rings. The number of thiophene rings is 1. The first-order valence-electron chi connectivity index (χ1n) is 8.35. The molecule has 0 unspecified atom stereocenters. The molecule has 0 saturated carbocycles. The second-order valence-electron chi connectivity index (χ2n) is 5.98. The molecule has 2 aromatic rings. The van der Waals surface area contributed by atoms with Gasteiger partial charge in [-0.1, -0.05) is 12.1 Å². The van der Waals surface area contributed by atoms with E-state index < -0.39 is 0 Å². The summed E-state index contributed by atoms with van der Waals surface area (Å²) in [7, 11) is 0. The summed E-state index contributed by atoms with van der Waals surface area (Å²) >= 11 is 1.67. The molecule has 1 aromatic heterocycles. The van der Waals surface area contributed by atoms with Gasteiger partial charge in [-0.05, 0) is 72.2 Å². The molecule has 2 heterocycles. The van der Waals surface area contributed by atoms with E-state index in [0.717, 1.165) is 43.5 Å². The number of rotatable bonds is 7. The van der Waals surface area contributed by atoms with Crippen LogP contribution in [0.5, 0.6) is 0 Å². The molecule has 0 aliphatic carbocycles. The molecule has 3 rings (SSSR count). The van der Waals surface area contributed by atoms with Crippen molar-refractivity contribution in [1.29, 1.82) is 0 Å². The summed E-state index contributed by atoms with van der Waals surface area (Å²) in [5.41, 5.74) is 2.99. The van der Waals surface area contributed by atoms with Gasteiger partial charge in [0.05, 0.1) is 6.10 Å². The van der Waals surface area contributed by atoms with E-state index in [0.29, 0.717) is 6.10 Å². The number of ether oxygens (including phenoxy) is 1. The molecule has 4 heteroatoms. The average Bonchev–Trinajstić information content (AvgIpc) is 3.28. The number of hydrogen-bond donors (Lipinski definition) is 1. The largest absolute Gasteiger partial charge is 0.378 e. The van der Waals surface area contributed by atoms with Crippen LogP contribution in [0, 0.1) is 0 Å². The van der Waals surface area contributed by atoms with Gasteiger partial charge in [-0.15, -0.1) is 0 Å². The van der Waals surface area contributed by atoms with Gasteiger partial charge in [0.15, 0.2) is 0 Å². The van der Waals surface area contributed by atoms with Crippen molar-refractivity contribution in [2.24, 2.45) is 0 Å². The van der Waals surface area contributed by atoms with Crippen LogP contribution in [0.15, 0.2) is 41.1 Å². The Morgan fingerprint density at radius 3 is 3.00 bits per heavy atom. The average molecular weight is 329 g/mol. The van der Waals surface area contributed by atoms with E-state index >= 15 is 0 Å². The van der Waals surface area contributed by atoms with Gasteiger partial charge in [0, 0.05) is 18.7 Å². The van der Waals surface area contributed by atoms with Gasteiger partial charge < -0.3 is 10.1 Å². The molecule has 1 aromatic carbocycles. The fourth-order valence-electron chi connectivity index (χ4n) is 2.94. The van der Waals surface area contributed by atoms with E-state index in [4.69, 9.17) is 4.74 Å². The van der Waals surface area contributed by atoms with Crippen LogP contribution in [0.2, 0.25) is 0 Å². The highest BCUT2D eigenvalue weighted by molar-refractivity contribution is 7.08. The van der Waals surface area contributed by atoms with E-state index in [1.165, 1.54) is 18.4 Å². The lowest BCUT2D eigenvalue weighted by Crippen LogP contribution is -2.24. The molecule has 0 bridgehead atoms. The molecule has 1 amide bonds. The predicted molar refractivity (Wildman–Crippen MR) is 94.9 cm³/mol. The third kappa shape index (κ3) is 4.66. The van der Waals surface area contributed by atoms with Crippen LogP contribution >= 0.6 is 11.3 Å². The Labute approximate surface area is 141 Å². The minimum absolute atomic E-state index is 0.0131. The van der Waals surface area contributed by atoms with Crippen molar-refractivity contribution < 1.29 is 9.53 Å². The van der Waals surface area contributed by atoms with E-state index in [2.05, 4.69) is 22.1 Å². The maximum atomic E-state index is 12.3. The second kappa shape index (κ2) is 8.27. The van der Waals surface area contributed by atoms with Crippen molar-refractivity contribution in [2.45, 2.75) is 38.2 Å². The van der Waals surface area contributed by atoms with Gasteiger partial charge >= 0.3 is 0 Å². The lowest BCUT2D eigenvalue weighted by atomic mass is 10.1. The zero-order chi connectivity index (χ0) is 15.9. The lowest BCUT2D eigenvalue weighted by Gasteiger charge is -2.09. The van der Waals surface area contributed by atoms with E-state index in [1.807, 2.05) is 24.3 Å². The van der Waals surface area contributed by atoms with Gasteiger partial charge in [-0.2, -0.15) is 11.3 Å². The minimum Gasteiger partial charge on any atom is -0.378 e. The van der Waals surface area contributed by atoms with Crippen LogP contribution in [0.25, 0.3) is 11.1 Å². The maximum Gasteiger partial charge on any atom is 0.251 e. The Morgan fingerprint density at radius 1 is 1.26 bits per heavy atom. The molecule has 122 valence electrons. The SMILES string of the molecule is O=C(NCCCC[C@H]1CCCO1)c1cccc(-c2ccsc2)c1. The van der Waals surface area contributed by atoms with E-state index in [-0.39, 0.29) is 5.91 Å². The third-order valence-corrected chi connectivity index (χ3v) is 4.92. The first-order valence-corrected chi connectivity index (χ1v) is 9.29. The molecular weight excluding hydrogens is 306 g/mol. The zero-order valence-corrected chi connectivity index (χ0v) is 14.1. The smallest absolute Gasteiger partial charge is 0.251 e. The summed E-state index contributed by atoms with van der Waals surface area (Å²) in [6.07, 6.45) is 6.08. The molecule has 1 saturated heterocycles. The quantitative estimate of drug-likeness (QED) is 0.760. The summed E-state index contributed by atoms with van der Waals surface area (Å²) in [6, 6.07) is 9.90. The minimum atomic E-state index is 0.0131. The van der Waals surface area contributed by atoms with Crippen LogP contribution in [0.1, 0.15) is 42.5 Å². The van der Waals surface area contributed by atoms with E-state index in [1.54, 1.807) is 11.3 Å². The molecule has 1 atom stereocenters. The van der Waals surface area contributed by atoms with Crippen molar-refractivity contribution in [1.82, 2.24) is 5.32 Å². The van der Waals surface area contributed by atoms with Crippen LogP contribution in [0.3, 0.4) is 0 Å². The number of amides is 1. The molecule has 1 aliphatic heterocycles. The molecule has 0 radical (unpaired) electrons. The Morgan fingerprint density at radius 2 is 2.22 bits per heavy atom. The highest BCUT2D eigenvalue weighted by Crippen LogP contribution is 2.23. The molecule has 0 spiro atoms. The standard InChI is InChI=1S/C19H23NO2S/c21-19(20-10-2-1-7-18-8-4-11-22-18)16-6-3-5-15(13-16)17-9-12-23-14-17/h3,5-6,9,12-14,18H,1-2,4,7-8,10-11H2,(H,20,21)/t18-/m0/s1. The number of carbonyl (C=O) groups is 1. The van der Waals surface area contributed by atoms with E-state index in [9.17, 15) is 4.79 Å². The third-order valence-electron chi connectivity index (χ3n) is 4.24. The fraction of sp³-hybridized carbons (Fsp3) is 0.421. The van der Waals surface area contributed by atoms with Crippen LogP contribution < -0.4 is 5.32 Å². The zero-order valence-electron chi connectivity index (χ0n) is 13.3. The summed E-state index contributed by atoms with van der Waals surface area (Å²) in [6.45, 7) is 1.65. The molecule has 23 heavy (non-hydrogen) atoms. The number of carbonyl (C=O) groups excluding carboxylic acids is 1. The molecule has 1 fully saturated rings. The number of unbranched alkanes of at least 4 members (excludes halogenated alkanes) is 1. The summed E-state index contributed by atoms with van der Waals surface area (Å²) in [4.78, 5) is 12.3. The Kier molecular flexibility index (Phi) is 5.83. The Balaban J connectivity index is 1.44. The number of hydrogen-bond acceptors (Lipinski definition) is 3. The van der Waals surface area contributed by atoms with Crippen molar-refractivity contribution in [3.8, 4) is 11.1 Å². The highest BCUT2D eigenvalue weighted by atomic mass is 32.1. The first-order chi connectivity index (χ1) is 11.3. The van der Waals surface area contributed by atoms with Gasteiger partial charge in [0.2, 0.25) is 0 Å². The number of benzene rings is 1. The predicted octanol–water partition coefficient (Wildman–Crippen LogP) is 4.49. The summed E-state index contributed by atoms with van der Waals surface area (Å²) in [5.74, 6) is 0.0131. The van der Waals surface area contributed by atoms with Gasteiger partial charge in [0.1, 0.15) is 0 Å². The Bertz CT molecular complexity index is 618. The highest BCUT2D eigenvalue weighted by Gasteiger charge is 2.14. The maximum absolute atomic E-state index is 12.3. The summed E-state index contributed by atoms with van der Waals surface area (Å²) in [5, 5.41) is 7.17. The lowest BCUT2D eigenvalue weighted by molar-refractivity contribution is 0.0947. The normalized spacial score (nSPS) is 17.3. The molecule has 1 N–H and O–H groups in total. The monoisotopic (exact) mass is 329 g/mol. The Hall–Kier alpha value is -1.65. The van der Waals surface area contributed by atoms with Crippen LogP contribution in [0.4, 0.5) is 0 Å². The van der Waals surface area contributed by atoms with Gasteiger partial charge in [-0.25, -0.2) is 0 Å².